The molecule has 0 spiro atoms. The molecule has 0 radical (unpaired) electrons. The van der Waals surface area contributed by atoms with Gasteiger partial charge in [0.05, 0.1) is 11.8 Å². The maximum atomic E-state index is 10.1. The standard InChI is InChI=1S/C3H5Cl3O2S/c4-1-3(2-5)8-9(6)7/h3H,1-2H2. The fourth-order valence-electron chi connectivity index (χ4n) is 0.200. The van der Waals surface area contributed by atoms with Crippen LogP contribution >= 0.6 is 33.9 Å². The molecule has 0 N–H and O–H groups in total. The van der Waals surface area contributed by atoms with E-state index in [-0.39, 0.29) is 11.8 Å². The maximum absolute atomic E-state index is 10.1. The van der Waals surface area contributed by atoms with Crippen LogP contribution in [0.3, 0.4) is 0 Å². The van der Waals surface area contributed by atoms with Crippen LogP contribution in [0.2, 0.25) is 0 Å². The highest BCUT2D eigenvalue weighted by Crippen LogP contribution is 2.03. The van der Waals surface area contributed by atoms with Crippen molar-refractivity contribution in [2.24, 2.45) is 0 Å². The highest BCUT2D eigenvalue weighted by atomic mass is 35.7. The van der Waals surface area contributed by atoms with Crippen molar-refractivity contribution in [1.29, 1.82) is 0 Å². The summed E-state index contributed by atoms with van der Waals surface area (Å²) in [7, 11) is 3.17. The zero-order valence-electron chi connectivity index (χ0n) is 4.35. The third-order valence-corrected chi connectivity index (χ3v) is 1.89. The van der Waals surface area contributed by atoms with Gasteiger partial charge in [-0.2, -0.15) is 0 Å². The van der Waals surface area contributed by atoms with Crippen molar-refractivity contribution >= 4 is 44.2 Å². The van der Waals surface area contributed by atoms with Crippen molar-refractivity contribution in [2.75, 3.05) is 11.8 Å². The fraction of sp³-hybridized carbons (Fsp3) is 1.00. The molecule has 0 rings (SSSR count). The highest BCUT2D eigenvalue weighted by molar-refractivity contribution is 8.04. The first-order valence-electron chi connectivity index (χ1n) is 2.07. The molecule has 0 aromatic heterocycles. The lowest BCUT2D eigenvalue weighted by atomic mass is 10.5. The van der Waals surface area contributed by atoms with Crippen LogP contribution in [-0.2, 0) is 14.5 Å². The van der Waals surface area contributed by atoms with Crippen LogP contribution in [-0.4, -0.2) is 22.1 Å². The second-order valence-corrected chi connectivity index (χ2v) is 3.17. The highest BCUT2D eigenvalue weighted by Gasteiger charge is 2.08. The Bertz CT molecular complexity index is 95.1. The SMILES string of the molecule is O=S(Cl)OC(CCl)CCl. The van der Waals surface area contributed by atoms with Gasteiger partial charge in [-0.05, 0) is 0 Å². The lowest BCUT2D eigenvalue weighted by Gasteiger charge is -2.05. The largest absolute Gasteiger partial charge is 0.272 e. The topological polar surface area (TPSA) is 26.3 Å². The predicted molar refractivity (Wildman–Crippen MR) is 40.3 cm³/mol. The summed E-state index contributed by atoms with van der Waals surface area (Å²) in [5.74, 6) is 0.393. The molecule has 0 aromatic carbocycles. The molecule has 0 heterocycles. The molecule has 1 unspecified atom stereocenters. The molecule has 0 aliphatic rings. The molecule has 0 aromatic rings. The van der Waals surface area contributed by atoms with Gasteiger partial charge in [0.25, 0.3) is 10.3 Å². The summed E-state index contributed by atoms with van der Waals surface area (Å²) in [6.45, 7) is 0. The third kappa shape index (κ3) is 5.43. The average molecular weight is 211 g/mol. The van der Waals surface area contributed by atoms with E-state index in [1.165, 1.54) is 0 Å². The molecular formula is C3H5Cl3O2S. The molecule has 2 nitrogen and oxygen atoms in total. The molecule has 0 fully saturated rings. The second kappa shape index (κ2) is 5.74. The molecule has 0 bridgehead atoms. The first kappa shape index (κ1) is 9.98. The number of halogens is 3. The third-order valence-electron chi connectivity index (χ3n) is 0.556. The van der Waals surface area contributed by atoms with Crippen molar-refractivity contribution in [1.82, 2.24) is 0 Å². The van der Waals surface area contributed by atoms with Crippen molar-refractivity contribution in [2.45, 2.75) is 6.10 Å². The molecule has 0 aliphatic heterocycles. The van der Waals surface area contributed by atoms with E-state index in [1.807, 2.05) is 0 Å². The van der Waals surface area contributed by atoms with Crippen molar-refractivity contribution in [3.8, 4) is 0 Å². The van der Waals surface area contributed by atoms with Crippen molar-refractivity contribution in [3.05, 3.63) is 0 Å². The average Bonchev–Trinajstić information content (AvgIpc) is 1.82. The summed E-state index contributed by atoms with van der Waals surface area (Å²) in [6.07, 6.45) is -0.424. The monoisotopic (exact) mass is 210 g/mol. The molecule has 0 aliphatic carbocycles. The summed E-state index contributed by atoms with van der Waals surface area (Å²) in [5.41, 5.74) is 0. The van der Waals surface area contributed by atoms with Gasteiger partial charge in [-0.25, -0.2) is 4.21 Å². The van der Waals surface area contributed by atoms with Crippen LogP contribution in [0.15, 0.2) is 0 Å². The summed E-state index contributed by atoms with van der Waals surface area (Å²) in [5, 5.41) is 0. The first-order valence-corrected chi connectivity index (χ1v) is 5.04. The van der Waals surface area contributed by atoms with Crippen LogP contribution in [0.5, 0.6) is 0 Å². The number of hydrogen-bond acceptors (Lipinski definition) is 2. The minimum Gasteiger partial charge on any atom is -0.272 e. The zero-order valence-corrected chi connectivity index (χ0v) is 7.43. The Labute approximate surface area is 70.6 Å². The van der Waals surface area contributed by atoms with Gasteiger partial charge < -0.3 is 0 Å². The van der Waals surface area contributed by atoms with Crippen LogP contribution in [0.25, 0.3) is 0 Å². The summed E-state index contributed by atoms with van der Waals surface area (Å²) >= 11 is 10.6. The minimum atomic E-state index is -1.79. The van der Waals surface area contributed by atoms with Gasteiger partial charge in [-0.1, -0.05) is 0 Å². The minimum absolute atomic E-state index is 0.196. The fourth-order valence-corrected chi connectivity index (χ4v) is 1.46. The lowest BCUT2D eigenvalue weighted by molar-refractivity contribution is 0.282. The zero-order chi connectivity index (χ0) is 7.28. The Morgan fingerprint density at radius 1 is 1.44 bits per heavy atom. The van der Waals surface area contributed by atoms with Gasteiger partial charge in [-0.3, -0.25) is 4.18 Å². The van der Waals surface area contributed by atoms with Gasteiger partial charge in [0.2, 0.25) is 0 Å². The maximum Gasteiger partial charge on any atom is 0.256 e. The van der Waals surface area contributed by atoms with Crippen LogP contribution in [0, 0.1) is 0 Å². The van der Waals surface area contributed by atoms with E-state index in [9.17, 15) is 4.21 Å². The van der Waals surface area contributed by atoms with Gasteiger partial charge in [0, 0.05) is 10.7 Å². The quantitative estimate of drug-likeness (QED) is 0.522. The molecule has 9 heavy (non-hydrogen) atoms. The smallest absolute Gasteiger partial charge is 0.256 e. The van der Waals surface area contributed by atoms with E-state index in [0.717, 1.165) is 0 Å². The van der Waals surface area contributed by atoms with Crippen LogP contribution in [0.4, 0.5) is 0 Å². The van der Waals surface area contributed by atoms with Crippen LogP contribution < -0.4 is 0 Å². The molecule has 0 saturated heterocycles. The number of hydrogen-bond donors (Lipinski definition) is 0. The molecule has 0 amide bonds. The summed E-state index contributed by atoms with van der Waals surface area (Å²) in [6, 6.07) is 0. The molecule has 0 saturated carbocycles. The molecular weight excluding hydrogens is 206 g/mol. The Morgan fingerprint density at radius 3 is 2.00 bits per heavy atom. The number of rotatable bonds is 4. The van der Waals surface area contributed by atoms with E-state index in [2.05, 4.69) is 4.18 Å². The van der Waals surface area contributed by atoms with E-state index >= 15 is 0 Å². The normalized spacial score (nSPS) is 14.2. The van der Waals surface area contributed by atoms with Crippen molar-refractivity contribution in [3.63, 3.8) is 0 Å². The van der Waals surface area contributed by atoms with Crippen LogP contribution in [0.1, 0.15) is 0 Å². The summed E-state index contributed by atoms with van der Waals surface area (Å²) < 4.78 is 14.6. The van der Waals surface area contributed by atoms with Gasteiger partial charge in [-0.15, -0.1) is 23.2 Å². The Balaban J connectivity index is 3.43. The van der Waals surface area contributed by atoms with Gasteiger partial charge >= 0.3 is 0 Å². The predicted octanol–water partition coefficient (Wildman–Crippen LogP) is 1.67. The first-order chi connectivity index (χ1) is 4.20. The van der Waals surface area contributed by atoms with Crippen molar-refractivity contribution < 1.29 is 8.39 Å². The van der Waals surface area contributed by atoms with E-state index in [4.69, 9.17) is 33.9 Å². The summed E-state index contributed by atoms with van der Waals surface area (Å²) in [4.78, 5) is 0. The van der Waals surface area contributed by atoms with E-state index in [0.29, 0.717) is 0 Å². The number of alkyl halides is 2. The Morgan fingerprint density at radius 2 is 1.89 bits per heavy atom. The van der Waals surface area contributed by atoms with E-state index < -0.39 is 16.4 Å². The molecule has 6 heteroatoms. The van der Waals surface area contributed by atoms with Gasteiger partial charge in [0.15, 0.2) is 0 Å². The lowest BCUT2D eigenvalue weighted by Crippen LogP contribution is -2.15. The Kier molecular flexibility index (Phi) is 6.37. The molecule has 56 valence electrons. The molecule has 1 atom stereocenters. The van der Waals surface area contributed by atoms with Gasteiger partial charge in [0.1, 0.15) is 6.10 Å². The van der Waals surface area contributed by atoms with E-state index in [1.54, 1.807) is 0 Å². The Hall–Kier alpha value is 0.980. The second-order valence-electron chi connectivity index (χ2n) is 1.22.